The van der Waals surface area contributed by atoms with Gasteiger partial charge in [-0.1, -0.05) is 12.1 Å². The molecule has 1 heterocycles. The van der Waals surface area contributed by atoms with Crippen molar-refractivity contribution in [3.8, 4) is 23.0 Å². The molecule has 3 rings (SSSR count). The van der Waals surface area contributed by atoms with E-state index in [0.717, 1.165) is 17.5 Å². The van der Waals surface area contributed by atoms with Crippen LogP contribution in [-0.2, 0) is 6.42 Å². The summed E-state index contributed by atoms with van der Waals surface area (Å²) in [7, 11) is 1.57. The van der Waals surface area contributed by atoms with Gasteiger partial charge in [0.15, 0.2) is 0 Å². The fourth-order valence-corrected chi connectivity index (χ4v) is 2.56. The molecule has 0 spiro atoms. The lowest BCUT2D eigenvalue weighted by Crippen LogP contribution is -2.19. The van der Waals surface area contributed by atoms with Crippen molar-refractivity contribution >= 4 is 0 Å². The van der Waals surface area contributed by atoms with Crippen LogP contribution in [0.5, 0.6) is 23.0 Å². The minimum atomic E-state index is 0.0953. The number of hydrogen-bond donors (Lipinski definition) is 2. The zero-order valence-electron chi connectivity index (χ0n) is 11.2. The van der Waals surface area contributed by atoms with E-state index >= 15 is 0 Å². The summed E-state index contributed by atoms with van der Waals surface area (Å²) in [6.45, 7) is 0.482. The summed E-state index contributed by atoms with van der Waals surface area (Å²) in [5.74, 6) is 1.87. The third-order valence-corrected chi connectivity index (χ3v) is 3.63. The maximum Gasteiger partial charge on any atom is 0.126 e. The van der Waals surface area contributed by atoms with Gasteiger partial charge in [0.2, 0.25) is 0 Å². The van der Waals surface area contributed by atoms with Crippen molar-refractivity contribution in [1.29, 1.82) is 0 Å². The normalized spacial score (nSPS) is 17.1. The first-order valence-corrected chi connectivity index (χ1v) is 6.49. The molecule has 0 saturated carbocycles. The number of ether oxygens (including phenoxy) is 2. The second kappa shape index (κ2) is 4.96. The molecule has 1 atom stereocenters. The monoisotopic (exact) mass is 272 g/mol. The van der Waals surface area contributed by atoms with Crippen LogP contribution >= 0.6 is 0 Å². The van der Waals surface area contributed by atoms with E-state index in [1.54, 1.807) is 25.3 Å². The maximum atomic E-state index is 10.1. The van der Waals surface area contributed by atoms with Crippen molar-refractivity contribution in [1.82, 2.24) is 0 Å². The molecule has 0 amide bonds. The fourth-order valence-electron chi connectivity index (χ4n) is 2.56. The summed E-state index contributed by atoms with van der Waals surface area (Å²) >= 11 is 0. The summed E-state index contributed by atoms with van der Waals surface area (Å²) in [6.07, 6.45) is 0.773. The van der Waals surface area contributed by atoms with Crippen LogP contribution in [0.15, 0.2) is 36.4 Å². The Bertz CT molecular complexity index is 636. The highest BCUT2D eigenvalue weighted by Crippen LogP contribution is 2.38. The Kier molecular flexibility index (Phi) is 3.14. The van der Waals surface area contributed by atoms with E-state index in [4.69, 9.17) is 9.47 Å². The average Bonchev–Trinajstić information content (AvgIpc) is 2.46. The number of hydrogen-bond acceptors (Lipinski definition) is 4. The van der Waals surface area contributed by atoms with Crippen LogP contribution in [0.3, 0.4) is 0 Å². The van der Waals surface area contributed by atoms with Crippen molar-refractivity contribution in [2.45, 2.75) is 12.3 Å². The fraction of sp³-hybridized carbons (Fsp3) is 0.250. The molecule has 0 saturated heterocycles. The number of benzene rings is 2. The first kappa shape index (κ1) is 12.7. The zero-order valence-corrected chi connectivity index (χ0v) is 11.2. The molecule has 4 heteroatoms. The highest BCUT2D eigenvalue weighted by Gasteiger charge is 2.24. The van der Waals surface area contributed by atoms with Crippen molar-refractivity contribution in [3.05, 3.63) is 47.5 Å². The lowest BCUT2D eigenvalue weighted by molar-refractivity contribution is 0.258. The molecule has 2 aromatic carbocycles. The van der Waals surface area contributed by atoms with Crippen molar-refractivity contribution < 1.29 is 19.7 Å². The van der Waals surface area contributed by atoms with Crippen LogP contribution in [0.25, 0.3) is 0 Å². The first-order valence-electron chi connectivity index (χ1n) is 6.49. The molecule has 20 heavy (non-hydrogen) atoms. The Hall–Kier alpha value is -2.36. The van der Waals surface area contributed by atoms with Gasteiger partial charge in [0.25, 0.3) is 0 Å². The van der Waals surface area contributed by atoms with Crippen LogP contribution in [0.2, 0.25) is 0 Å². The number of phenols is 2. The van der Waals surface area contributed by atoms with E-state index in [0.29, 0.717) is 18.1 Å². The molecule has 2 N–H and O–H groups in total. The standard InChI is InChI=1S/C16H16O4/c1-19-13-4-5-14(15(18)8-13)11-6-10-2-3-12(17)7-16(10)20-9-11/h2-5,7-8,11,17-18H,6,9H2,1H3/t11-/m0/s1. The Labute approximate surface area is 117 Å². The van der Waals surface area contributed by atoms with Gasteiger partial charge in [-0.2, -0.15) is 0 Å². The quantitative estimate of drug-likeness (QED) is 0.882. The minimum Gasteiger partial charge on any atom is -0.508 e. The molecule has 2 aromatic rings. The van der Waals surface area contributed by atoms with Gasteiger partial charge >= 0.3 is 0 Å². The molecule has 4 nitrogen and oxygen atoms in total. The molecule has 104 valence electrons. The highest BCUT2D eigenvalue weighted by molar-refractivity contribution is 5.46. The molecule has 1 aliphatic rings. The summed E-state index contributed by atoms with van der Waals surface area (Å²) in [4.78, 5) is 0. The number of phenolic OH excluding ortho intramolecular Hbond substituents is 2. The van der Waals surface area contributed by atoms with Gasteiger partial charge in [-0.25, -0.2) is 0 Å². The largest absolute Gasteiger partial charge is 0.508 e. The van der Waals surface area contributed by atoms with Crippen molar-refractivity contribution in [2.24, 2.45) is 0 Å². The second-order valence-corrected chi connectivity index (χ2v) is 4.93. The van der Waals surface area contributed by atoms with Gasteiger partial charge in [0.1, 0.15) is 23.0 Å². The molecule has 0 aliphatic carbocycles. The maximum absolute atomic E-state index is 10.1. The predicted octanol–water partition coefficient (Wildman–Crippen LogP) is 2.83. The van der Waals surface area contributed by atoms with Gasteiger partial charge in [-0.3, -0.25) is 0 Å². The first-order chi connectivity index (χ1) is 9.67. The van der Waals surface area contributed by atoms with Crippen LogP contribution in [-0.4, -0.2) is 23.9 Å². The molecule has 1 aliphatic heterocycles. The summed E-state index contributed by atoms with van der Waals surface area (Å²) in [5.41, 5.74) is 1.89. The number of fused-ring (bicyclic) bond motifs is 1. The van der Waals surface area contributed by atoms with Gasteiger partial charge in [-0.15, -0.1) is 0 Å². The zero-order chi connectivity index (χ0) is 14.1. The predicted molar refractivity (Wildman–Crippen MR) is 74.7 cm³/mol. The SMILES string of the molecule is COc1ccc([C@@H]2COc3cc(O)ccc3C2)c(O)c1. The number of rotatable bonds is 2. The molecular weight excluding hydrogens is 256 g/mol. The summed E-state index contributed by atoms with van der Waals surface area (Å²) in [5, 5.41) is 19.5. The minimum absolute atomic E-state index is 0.0953. The molecule has 0 aromatic heterocycles. The molecule has 0 bridgehead atoms. The van der Waals surface area contributed by atoms with Crippen LogP contribution in [0.1, 0.15) is 17.0 Å². The van der Waals surface area contributed by atoms with Crippen LogP contribution in [0, 0.1) is 0 Å². The Balaban J connectivity index is 1.88. The lowest BCUT2D eigenvalue weighted by Gasteiger charge is -2.26. The topological polar surface area (TPSA) is 58.9 Å². The summed E-state index contributed by atoms with van der Waals surface area (Å²) < 4.78 is 10.8. The average molecular weight is 272 g/mol. The second-order valence-electron chi connectivity index (χ2n) is 4.93. The van der Waals surface area contributed by atoms with Gasteiger partial charge < -0.3 is 19.7 Å². The smallest absolute Gasteiger partial charge is 0.126 e. The van der Waals surface area contributed by atoms with E-state index in [9.17, 15) is 10.2 Å². The van der Waals surface area contributed by atoms with E-state index < -0.39 is 0 Å². The Morgan fingerprint density at radius 2 is 2.00 bits per heavy atom. The Morgan fingerprint density at radius 3 is 2.75 bits per heavy atom. The molecule has 0 unspecified atom stereocenters. The third kappa shape index (κ3) is 2.25. The van der Waals surface area contributed by atoms with Gasteiger partial charge in [0.05, 0.1) is 13.7 Å². The number of aromatic hydroxyl groups is 2. The van der Waals surface area contributed by atoms with E-state index in [1.165, 1.54) is 0 Å². The van der Waals surface area contributed by atoms with Crippen molar-refractivity contribution in [2.75, 3.05) is 13.7 Å². The van der Waals surface area contributed by atoms with E-state index in [1.807, 2.05) is 18.2 Å². The lowest BCUT2D eigenvalue weighted by atomic mass is 9.89. The summed E-state index contributed by atoms with van der Waals surface area (Å²) in [6, 6.07) is 10.5. The molecular formula is C16H16O4. The van der Waals surface area contributed by atoms with Crippen LogP contribution in [0.4, 0.5) is 0 Å². The van der Waals surface area contributed by atoms with E-state index in [-0.39, 0.29) is 17.4 Å². The molecule has 0 radical (unpaired) electrons. The number of methoxy groups -OCH3 is 1. The Morgan fingerprint density at radius 1 is 1.15 bits per heavy atom. The highest BCUT2D eigenvalue weighted by atomic mass is 16.5. The molecule has 0 fully saturated rings. The third-order valence-electron chi connectivity index (χ3n) is 3.63. The van der Waals surface area contributed by atoms with Gasteiger partial charge in [-0.05, 0) is 24.1 Å². The van der Waals surface area contributed by atoms with Crippen molar-refractivity contribution in [3.63, 3.8) is 0 Å². The van der Waals surface area contributed by atoms with Crippen LogP contribution < -0.4 is 9.47 Å². The van der Waals surface area contributed by atoms with E-state index in [2.05, 4.69) is 0 Å². The van der Waals surface area contributed by atoms with Gasteiger partial charge in [0, 0.05) is 23.6 Å².